The fraction of sp³-hybridized carbons (Fsp3) is 0.375. The van der Waals surface area contributed by atoms with Crippen LogP contribution in [0.4, 0.5) is 10.6 Å². The first kappa shape index (κ1) is 15.9. The predicted octanol–water partition coefficient (Wildman–Crippen LogP) is 3.70. The summed E-state index contributed by atoms with van der Waals surface area (Å²) in [6, 6.07) is 7.34. The molecule has 1 amide bonds. The van der Waals surface area contributed by atoms with Crippen molar-refractivity contribution >= 4 is 28.8 Å². The molecule has 0 aliphatic heterocycles. The van der Waals surface area contributed by atoms with Crippen molar-refractivity contribution in [2.75, 3.05) is 11.9 Å². The molecule has 1 aromatic heterocycles. The van der Waals surface area contributed by atoms with Crippen LogP contribution in [0.5, 0.6) is 0 Å². The molecule has 0 fully saturated rings. The third kappa shape index (κ3) is 3.39. The Balaban J connectivity index is 2.30. The van der Waals surface area contributed by atoms with Crippen molar-refractivity contribution in [3.05, 3.63) is 29.8 Å². The quantitative estimate of drug-likeness (QED) is 0.709. The van der Waals surface area contributed by atoms with Crippen LogP contribution in [-0.2, 0) is 9.53 Å². The number of carboxylic acid groups (broad SMARTS) is 1. The Kier molecular flexibility index (Phi) is 5.04. The Morgan fingerprint density at radius 3 is 2.77 bits per heavy atom. The van der Waals surface area contributed by atoms with E-state index in [0.29, 0.717) is 18.0 Å². The SMILES string of the molecule is CCCCOC(=O)Nc1[nH]c2ccccc2c1C(C)C(=O)O. The fourth-order valence-electron chi connectivity index (χ4n) is 2.28. The molecule has 118 valence electrons. The number of hydrogen-bond acceptors (Lipinski definition) is 3. The largest absolute Gasteiger partial charge is 0.481 e. The molecule has 1 unspecified atom stereocenters. The van der Waals surface area contributed by atoms with E-state index in [4.69, 9.17) is 4.74 Å². The number of benzene rings is 1. The molecule has 22 heavy (non-hydrogen) atoms. The number of ether oxygens (including phenoxy) is 1. The maximum atomic E-state index is 11.8. The number of carbonyl (C=O) groups excluding carboxylic acids is 1. The number of aliphatic carboxylic acids is 1. The molecule has 0 aliphatic carbocycles. The number of H-pyrrole nitrogens is 1. The van der Waals surface area contributed by atoms with Gasteiger partial charge in [-0.1, -0.05) is 31.5 Å². The van der Waals surface area contributed by atoms with Gasteiger partial charge in [0.05, 0.1) is 12.5 Å². The number of unbranched alkanes of at least 4 members (excludes halogenated alkanes) is 1. The number of anilines is 1. The van der Waals surface area contributed by atoms with Gasteiger partial charge >= 0.3 is 12.1 Å². The van der Waals surface area contributed by atoms with Crippen LogP contribution in [0, 0.1) is 0 Å². The van der Waals surface area contributed by atoms with Gasteiger partial charge in [-0.05, 0) is 19.4 Å². The standard InChI is InChI=1S/C16H20N2O4/c1-3-4-9-22-16(21)18-14-13(10(2)15(19)20)11-7-5-6-8-12(11)17-14/h5-8,10,17H,3-4,9H2,1-2H3,(H,18,21)(H,19,20). The van der Waals surface area contributed by atoms with Crippen molar-refractivity contribution in [2.24, 2.45) is 0 Å². The monoisotopic (exact) mass is 304 g/mol. The third-order valence-corrected chi connectivity index (χ3v) is 3.51. The second-order valence-corrected chi connectivity index (χ2v) is 5.13. The highest BCUT2D eigenvalue weighted by Gasteiger charge is 2.23. The van der Waals surface area contributed by atoms with Crippen LogP contribution in [0.2, 0.25) is 0 Å². The lowest BCUT2D eigenvalue weighted by molar-refractivity contribution is -0.138. The van der Waals surface area contributed by atoms with Gasteiger partial charge in [0.25, 0.3) is 0 Å². The van der Waals surface area contributed by atoms with E-state index in [1.54, 1.807) is 6.92 Å². The lowest BCUT2D eigenvalue weighted by Gasteiger charge is -2.10. The molecular weight excluding hydrogens is 284 g/mol. The van der Waals surface area contributed by atoms with Crippen LogP contribution in [0.25, 0.3) is 10.9 Å². The number of carbonyl (C=O) groups is 2. The number of nitrogens with one attached hydrogen (secondary N) is 2. The van der Waals surface area contributed by atoms with Gasteiger partial charge in [-0.15, -0.1) is 0 Å². The van der Waals surface area contributed by atoms with E-state index < -0.39 is 18.0 Å². The average molecular weight is 304 g/mol. The summed E-state index contributed by atoms with van der Waals surface area (Å²) < 4.78 is 5.06. The average Bonchev–Trinajstić information content (AvgIpc) is 2.84. The predicted molar refractivity (Wildman–Crippen MR) is 84.2 cm³/mol. The molecule has 2 aromatic rings. The van der Waals surface area contributed by atoms with Crippen LogP contribution < -0.4 is 5.32 Å². The number of hydrogen-bond donors (Lipinski definition) is 3. The Morgan fingerprint density at radius 1 is 1.36 bits per heavy atom. The van der Waals surface area contributed by atoms with E-state index in [0.717, 1.165) is 23.7 Å². The van der Waals surface area contributed by atoms with Crippen molar-refractivity contribution in [2.45, 2.75) is 32.6 Å². The Morgan fingerprint density at radius 2 is 2.09 bits per heavy atom. The summed E-state index contributed by atoms with van der Waals surface area (Å²) in [6.07, 6.45) is 1.14. The smallest absolute Gasteiger partial charge is 0.412 e. The van der Waals surface area contributed by atoms with Crippen LogP contribution in [-0.4, -0.2) is 28.8 Å². The van der Waals surface area contributed by atoms with Gasteiger partial charge in [-0.2, -0.15) is 0 Å². The number of carboxylic acids is 1. The molecule has 0 bridgehead atoms. The van der Waals surface area contributed by atoms with Crippen LogP contribution in [0.15, 0.2) is 24.3 Å². The summed E-state index contributed by atoms with van der Waals surface area (Å²) in [4.78, 5) is 26.2. The van der Waals surface area contributed by atoms with Crippen LogP contribution in [0.1, 0.15) is 38.2 Å². The Hall–Kier alpha value is -2.50. The van der Waals surface area contributed by atoms with Crippen LogP contribution in [0.3, 0.4) is 0 Å². The maximum Gasteiger partial charge on any atom is 0.412 e. The Labute approximate surface area is 128 Å². The minimum Gasteiger partial charge on any atom is -0.481 e. The molecule has 1 atom stereocenters. The van der Waals surface area contributed by atoms with Crippen molar-refractivity contribution < 1.29 is 19.4 Å². The second-order valence-electron chi connectivity index (χ2n) is 5.13. The van der Waals surface area contributed by atoms with Gasteiger partial charge in [-0.25, -0.2) is 4.79 Å². The normalized spacial score (nSPS) is 12.1. The van der Waals surface area contributed by atoms with Crippen LogP contribution >= 0.6 is 0 Å². The summed E-state index contributed by atoms with van der Waals surface area (Å²) in [5.41, 5.74) is 1.32. The van der Waals surface area contributed by atoms with E-state index in [-0.39, 0.29) is 0 Å². The zero-order valence-electron chi connectivity index (χ0n) is 12.7. The van der Waals surface area contributed by atoms with Gasteiger partial charge in [-0.3, -0.25) is 10.1 Å². The first-order valence-corrected chi connectivity index (χ1v) is 7.31. The summed E-state index contributed by atoms with van der Waals surface area (Å²) >= 11 is 0. The topological polar surface area (TPSA) is 91.4 Å². The fourth-order valence-corrected chi connectivity index (χ4v) is 2.28. The summed E-state index contributed by atoms with van der Waals surface area (Å²) in [7, 11) is 0. The van der Waals surface area contributed by atoms with Gasteiger partial charge < -0.3 is 14.8 Å². The maximum absolute atomic E-state index is 11.8. The number of amides is 1. The minimum absolute atomic E-state index is 0.340. The second kappa shape index (κ2) is 6.98. The van der Waals surface area contributed by atoms with Crippen molar-refractivity contribution in [3.63, 3.8) is 0 Å². The van der Waals surface area contributed by atoms with E-state index in [2.05, 4.69) is 10.3 Å². The van der Waals surface area contributed by atoms with Crippen molar-refractivity contribution in [1.82, 2.24) is 4.98 Å². The van der Waals surface area contributed by atoms with Crippen molar-refractivity contribution in [1.29, 1.82) is 0 Å². The van der Waals surface area contributed by atoms with E-state index >= 15 is 0 Å². The molecule has 3 N–H and O–H groups in total. The number of rotatable bonds is 6. The lowest BCUT2D eigenvalue weighted by Crippen LogP contribution is -2.17. The number of para-hydroxylation sites is 1. The summed E-state index contributed by atoms with van der Waals surface area (Å²) in [5.74, 6) is -1.33. The molecule has 1 aromatic carbocycles. The number of aromatic amines is 1. The van der Waals surface area contributed by atoms with Gasteiger partial charge in [0, 0.05) is 16.5 Å². The summed E-state index contributed by atoms with van der Waals surface area (Å²) in [5, 5.41) is 12.7. The molecule has 1 heterocycles. The summed E-state index contributed by atoms with van der Waals surface area (Å²) in [6.45, 7) is 3.93. The molecule has 6 nitrogen and oxygen atoms in total. The highest BCUT2D eigenvalue weighted by Crippen LogP contribution is 2.33. The number of aromatic nitrogens is 1. The third-order valence-electron chi connectivity index (χ3n) is 3.51. The Bertz CT molecular complexity index is 678. The van der Waals surface area contributed by atoms with Gasteiger partial charge in [0.2, 0.25) is 0 Å². The number of fused-ring (bicyclic) bond motifs is 1. The first-order chi connectivity index (χ1) is 10.5. The molecule has 0 saturated carbocycles. The minimum atomic E-state index is -0.952. The molecule has 0 radical (unpaired) electrons. The highest BCUT2D eigenvalue weighted by molar-refractivity contribution is 5.98. The van der Waals surface area contributed by atoms with E-state index in [1.807, 2.05) is 31.2 Å². The lowest BCUT2D eigenvalue weighted by atomic mass is 9.99. The molecule has 0 saturated heterocycles. The first-order valence-electron chi connectivity index (χ1n) is 7.31. The zero-order chi connectivity index (χ0) is 16.1. The zero-order valence-corrected chi connectivity index (χ0v) is 12.7. The molecular formula is C16H20N2O4. The van der Waals surface area contributed by atoms with Gasteiger partial charge in [0.15, 0.2) is 0 Å². The molecule has 0 spiro atoms. The molecule has 0 aliphatic rings. The van der Waals surface area contributed by atoms with Gasteiger partial charge in [0.1, 0.15) is 5.82 Å². The van der Waals surface area contributed by atoms with Crippen molar-refractivity contribution in [3.8, 4) is 0 Å². The molecule has 2 rings (SSSR count). The molecule has 6 heteroatoms. The van der Waals surface area contributed by atoms with E-state index in [1.165, 1.54) is 0 Å². The highest BCUT2D eigenvalue weighted by atomic mass is 16.5. The van der Waals surface area contributed by atoms with E-state index in [9.17, 15) is 14.7 Å².